The van der Waals surface area contributed by atoms with Crippen LogP contribution in [0.25, 0.3) is 0 Å². The SMILES string of the molecule is C[C@H]1CC[C@H](C[C@@H](O)CCOC(=O)C(C)(C)C)O[C@@H]1CCOC(=O)C(C)(C)C. The molecular formula is C22H40O6. The standard InChI is InChI=1S/C22H40O6/c1-15-8-9-17(14-16(23)10-12-26-19(24)21(2,3)4)28-18(15)11-13-27-20(25)22(5,6)7/h15-18,23H,8-14H2,1-7H3/t15-,16-,17+,18+/m0/s1. The summed E-state index contributed by atoms with van der Waals surface area (Å²) in [6.45, 7) is 13.7. The first-order chi connectivity index (χ1) is 12.8. The molecule has 0 amide bonds. The summed E-state index contributed by atoms with van der Waals surface area (Å²) in [6, 6.07) is 0. The van der Waals surface area contributed by atoms with Crippen molar-refractivity contribution in [3.8, 4) is 0 Å². The molecule has 1 aliphatic heterocycles. The normalized spacial score (nSPS) is 24.5. The molecule has 164 valence electrons. The fourth-order valence-electron chi connectivity index (χ4n) is 3.02. The molecule has 0 aromatic heterocycles. The van der Waals surface area contributed by atoms with E-state index in [1.807, 2.05) is 41.5 Å². The molecular weight excluding hydrogens is 360 g/mol. The Morgan fingerprint density at radius 3 is 2.07 bits per heavy atom. The Balaban J connectivity index is 2.35. The van der Waals surface area contributed by atoms with Gasteiger partial charge >= 0.3 is 11.9 Å². The maximum absolute atomic E-state index is 11.9. The number of carbonyl (C=O) groups is 2. The van der Waals surface area contributed by atoms with Crippen LogP contribution in [0.15, 0.2) is 0 Å². The molecule has 28 heavy (non-hydrogen) atoms. The molecule has 1 fully saturated rings. The molecule has 0 unspecified atom stereocenters. The first-order valence-corrected chi connectivity index (χ1v) is 10.5. The van der Waals surface area contributed by atoms with Gasteiger partial charge in [0.15, 0.2) is 0 Å². The fraction of sp³-hybridized carbons (Fsp3) is 0.909. The predicted molar refractivity (Wildman–Crippen MR) is 108 cm³/mol. The molecule has 6 heteroatoms. The number of aliphatic hydroxyl groups is 1. The van der Waals surface area contributed by atoms with Crippen molar-refractivity contribution in [1.29, 1.82) is 0 Å². The lowest BCUT2D eigenvalue weighted by Crippen LogP contribution is -2.37. The zero-order chi connectivity index (χ0) is 21.5. The van der Waals surface area contributed by atoms with Crippen molar-refractivity contribution in [1.82, 2.24) is 0 Å². The van der Waals surface area contributed by atoms with Gasteiger partial charge in [0, 0.05) is 12.8 Å². The lowest BCUT2D eigenvalue weighted by atomic mass is 9.89. The van der Waals surface area contributed by atoms with E-state index in [1.54, 1.807) is 0 Å². The van der Waals surface area contributed by atoms with Crippen LogP contribution in [0, 0.1) is 16.7 Å². The maximum Gasteiger partial charge on any atom is 0.311 e. The molecule has 0 aliphatic carbocycles. The van der Waals surface area contributed by atoms with E-state index in [1.165, 1.54) is 0 Å². The van der Waals surface area contributed by atoms with Crippen LogP contribution in [0.1, 0.15) is 80.6 Å². The van der Waals surface area contributed by atoms with E-state index in [2.05, 4.69) is 6.92 Å². The van der Waals surface area contributed by atoms with Gasteiger partial charge in [0.25, 0.3) is 0 Å². The molecule has 0 bridgehead atoms. The summed E-state index contributed by atoms with van der Waals surface area (Å²) >= 11 is 0. The van der Waals surface area contributed by atoms with E-state index in [-0.39, 0.29) is 30.8 Å². The van der Waals surface area contributed by atoms with Gasteiger partial charge < -0.3 is 19.3 Å². The summed E-state index contributed by atoms with van der Waals surface area (Å²) in [4.78, 5) is 23.6. The lowest BCUT2D eigenvalue weighted by molar-refractivity contribution is -0.155. The van der Waals surface area contributed by atoms with Crippen molar-refractivity contribution >= 4 is 11.9 Å². The van der Waals surface area contributed by atoms with Crippen LogP contribution in [0.4, 0.5) is 0 Å². The third kappa shape index (κ3) is 8.91. The van der Waals surface area contributed by atoms with Crippen LogP contribution >= 0.6 is 0 Å². The number of carbonyl (C=O) groups excluding carboxylic acids is 2. The Hall–Kier alpha value is -1.14. The highest BCUT2D eigenvalue weighted by molar-refractivity contribution is 5.75. The summed E-state index contributed by atoms with van der Waals surface area (Å²) in [5, 5.41) is 10.3. The minimum atomic E-state index is -0.564. The van der Waals surface area contributed by atoms with Crippen LogP contribution in [-0.4, -0.2) is 48.6 Å². The van der Waals surface area contributed by atoms with E-state index in [9.17, 15) is 14.7 Å². The first kappa shape index (κ1) is 24.9. The second kappa shape index (κ2) is 10.6. The molecule has 0 spiro atoms. The van der Waals surface area contributed by atoms with Gasteiger partial charge in [-0.1, -0.05) is 6.92 Å². The quantitative estimate of drug-likeness (QED) is 0.623. The minimum Gasteiger partial charge on any atom is -0.465 e. The highest BCUT2D eigenvalue weighted by Gasteiger charge is 2.31. The maximum atomic E-state index is 11.9. The van der Waals surface area contributed by atoms with Gasteiger partial charge in [-0.25, -0.2) is 0 Å². The van der Waals surface area contributed by atoms with Gasteiger partial charge in [0.05, 0.1) is 42.4 Å². The lowest BCUT2D eigenvalue weighted by Gasteiger charge is -2.36. The molecule has 0 aromatic carbocycles. The zero-order valence-corrected chi connectivity index (χ0v) is 18.7. The molecule has 1 rings (SSSR count). The summed E-state index contributed by atoms with van der Waals surface area (Å²) in [7, 11) is 0. The summed E-state index contributed by atoms with van der Waals surface area (Å²) in [5.41, 5.74) is -1.03. The molecule has 0 saturated carbocycles. The third-order valence-corrected chi connectivity index (χ3v) is 5.03. The molecule has 4 atom stereocenters. The van der Waals surface area contributed by atoms with Gasteiger partial charge in [0.2, 0.25) is 0 Å². The monoisotopic (exact) mass is 400 g/mol. The zero-order valence-electron chi connectivity index (χ0n) is 18.7. The number of ether oxygens (including phenoxy) is 3. The first-order valence-electron chi connectivity index (χ1n) is 10.5. The van der Waals surface area contributed by atoms with E-state index in [0.717, 1.165) is 12.8 Å². The highest BCUT2D eigenvalue weighted by Crippen LogP contribution is 2.29. The summed E-state index contributed by atoms with van der Waals surface area (Å²) < 4.78 is 16.7. The molecule has 0 aromatic rings. The van der Waals surface area contributed by atoms with Crippen LogP contribution in [0.3, 0.4) is 0 Å². The molecule has 0 radical (unpaired) electrons. The van der Waals surface area contributed by atoms with Crippen molar-refractivity contribution < 1.29 is 28.9 Å². The fourth-order valence-corrected chi connectivity index (χ4v) is 3.02. The van der Waals surface area contributed by atoms with E-state index >= 15 is 0 Å². The molecule has 1 aliphatic rings. The van der Waals surface area contributed by atoms with Gasteiger partial charge in [-0.3, -0.25) is 9.59 Å². The van der Waals surface area contributed by atoms with E-state index in [4.69, 9.17) is 14.2 Å². The largest absolute Gasteiger partial charge is 0.465 e. The van der Waals surface area contributed by atoms with Crippen LogP contribution < -0.4 is 0 Å². The third-order valence-electron chi connectivity index (χ3n) is 5.03. The smallest absolute Gasteiger partial charge is 0.311 e. The Labute approximate surface area is 170 Å². The van der Waals surface area contributed by atoms with E-state index in [0.29, 0.717) is 31.8 Å². The number of hydrogen-bond donors (Lipinski definition) is 1. The van der Waals surface area contributed by atoms with Gasteiger partial charge in [-0.2, -0.15) is 0 Å². The predicted octanol–water partition coefficient (Wildman–Crippen LogP) is 3.88. The molecule has 6 nitrogen and oxygen atoms in total. The average Bonchev–Trinajstić information content (AvgIpc) is 2.55. The second-order valence-corrected chi connectivity index (χ2v) is 10.1. The van der Waals surface area contributed by atoms with Crippen molar-refractivity contribution in [2.45, 2.75) is 98.9 Å². The summed E-state index contributed by atoms with van der Waals surface area (Å²) in [6.07, 6.45) is 2.96. The average molecular weight is 401 g/mol. The van der Waals surface area contributed by atoms with Gasteiger partial charge in [-0.15, -0.1) is 0 Å². The van der Waals surface area contributed by atoms with Crippen molar-refractivity contribution in [2.24, 2.45) is 16.7 Å². The molecule has 1 heterocycles. The highest BCUT2D eigenvalue weighted by atomic mass is 16.5. The van der Waals surface area contributed by atoms with E-state index < -0.39 is 16.9 Å². The van der Waals surface area contributed by atoms with Gasteiger partial charge in [-0.05, 0) is 66.7 Å². The number of esters is 2. The van der Waals surface area contributed by atoms with Crippen LogP contribution in [0.2, 0.25) is 0 Å². The number of aliphatic hydroxyl groups excluding tert-OH is 1. The molecule has 1 N–H and O–H groups in total. The van der Waals surface area contributed by atoms with Crippen LogP contribution in [-0.2, 0) is 23.8 Å². The Morgan fingerprint density at radius 1 is 1.00 bits per heavy atom. The second-order valence-electron chi connectivity index (χ2n) is 10.1. The van der Waals surface area contributed by atoms with Crippen molar-refractivity contribution in [2.75, 3.05) is 13.2 Å². The Morgan fingerprint density at radius 2 is 1.54 bits per heavy atom. The van der Waals surface area contributed by atoms with Gasteiger partial charge in [0.1, 0.15) is 0 Å². The summed E-state index contributed by atoms with van der Waals surface area (Å²) in [5.74, 6) is -0.0606. The topological polar surface area (TPSA) is 82.1 Å². The molecule has 1 saturated heterocycles. The Kier molecular flexibility index (Phi) is 9.41. The van der Waals surface area contributed by atoms with Crippen molar-refractivity contribution in [3.63, 3.8) is 0 Å². The van der Waals surface area contributed by atoms with Crippen molar-refractivity contribution in [3.05, 3.63) is 0 Å². The van der Waals surface area contributed by atoms with Crippen LogP contribution in [0.5, 0.6) is 0 Å². The Bertz CT molecular complexity index is 502. The number of hydrogen-bond acceptors (Lipinski definition) is 6. The number of rotatable bonds is 8. The minimum absolute atomic E-state index is 0.0205.